The molecule has 3 rings (SSSR count). The molecule has 164 valence electrons. The van der Waals surface area contributed by atoms with Crippen molar-refractivity contribution < 1.29 is 33.1 Å². The smallest absolute Gasteiger partial charge is 0.379 e. The van der Waals surface area contributed by atoms with Gasteiger partial charge in [0.15, 0.2) is 12.4 Å². The zero-order valence-corrected chi connectivity index (χ0v) is 17.5. The summed E-state index contributed by atoms with van der Waals surface area (Å²) in [5, 5.41) is 3.09. The fourth-order valence-corrected chi connectivity index (χ4v) is 2.76. The molecule has 2 aromatic carbocycles. The number of ether oxygens (including phenoxy) is 2. The van der Waals surface area contributed by atoms with Gasteiger partial charge >= 0.3 is 11.9 Å². The van der Waals surface area contributed by atoms with Gasteiger partial charge < -0.3 is 19.2 Å². The Kier molecular flexibility index (Phi) is 7.77. The first-order chi connectivity index (χ1) is 15.4. The topological polar surface area (TPSA) is 112 Å². The predicted molar refractivity (Wildman–Crippen MR) is 115 cm³/mol. The molecular formula is C23H18ClNO7. The fourth-order valence-electron chi connectivity index (χ4n) is 2.57. The Bertz CT molecular complexity index is 1110. The van der Waals surface area contributed by atoms with E-state index in [1.165, 1.54) is 36.6 Å². The Balaban J connectivity index is 1.40. The number of hydrogen-bond donors (Lipinski definition) is 1. The van der Waals surface area contributed by atoms with Crippen molar-refractivity contribution in [2.75, 3.05) is 11.9 Å². The quantitative estimate of drug-likeness (QED) is 0.291. The van der Waals surface area contributed by atoms with E-state index in [2.05, 4.69) is 5.32 Å². The van der Waals surface area contributed by atoms with Crippen molar-refractivity contribution in [3.63, 3.8) is 0 Å². The molecule has 0 spiro atoms. The Morgan fingerprint density at radius 3 is 2.41 bits per heavy atom. The number of carbonyl (C=O) groups excluding carboxylic acids is 4. The van der Waals surface area contributed by atoms with E-state index in [0.717, 1.165) is 0 Å². The lowest BCUT2D eigenvalue weighted by Gasteiger charge is -2.07. The van der Waals surface area contributed by atoms with E-state index in [1.807, 2.05) is 0 Å². The number of halogens is 1. The number of esters is 2. The number of benzene rings is 2. The van der Waals surface area contributed by atoms with Crippen molar-refractivity contribution in [2.24, 2.45) is 0 Å². The number of carbonyl (C=O) groups is 4. The van der Waals surface area contributed by atoms with Gasteiger partial charge in [0.05, 0.1) is 12.7 Å². The number of hydrogen-bond acceptors (Lipinski definition) is 7. The molecular weight excluding hydrogens is 438 g/mol. The number of Topliss-reactive ketones (excluding diaryl/α,β-unsaturated/α-hetero) is 1. The molecule has 0 aliphatic carbocycles. The summed E-state index contributed by atoms with van der Waals surface area (Å²) in [7, 11) is 0. The average Bonchev–Trinajstić information content (AvgIpc) is 3.32. The summed E-state index contributed by atoms with van der Waals surface area (Å²) in [5.41, 5.74) is 0.790. The predicted octanol–water partition coefficient (Wildman–Crippen LogP) is 4.30. The van der Waals surface area contributed by atoms with Crippen LogP contribution in [0.5, 0.6) is 5.75 Å². The van der Waals surface area contributed by atoms with E-state index < -0.39 is 24.3 Å². The lowest BCUT2D eigenvalue weighted by Crippen LogP contribution is -2.17. The van der Waals surface area contributed by atoms with Crippen LogP contribution in [0, 0.1) is 0 Å². The molecule has 0 saturated heterocycles. The molecule has 0 aliphatic rings. The monoisotopic (exact) mass is 455 g/mol. The van der Waals surface area contributed by atoms with Crippen LogP contribution in [0.3, 0.4) is 0 Å². The van der Waals surface area contributed by atoms with Crippen molar-refractivity contribution in [2.45, 2.75) is 12.8 Å². The average molecular weight is 456 g/mol. The Hall–Kier alpha value is -3.91. The van der Waals surface area contributed by atoms with Crippen LogP contribution >= 0.6 is 11.6 Å². The molecule has 0 atom stereocenters. The van der Waals surface area contributed by atoms with Gasteiger partial charge in [-0.3, -0.25) is 14.4 Å². The van der Waals surface area contributed by atoms with Gasteiger partial charge in [0.1, 0.15) is 5.75 Å². The minimum absolute atomic E-state index is 0.0540. The summed E-state index contributed by atoms with van der Waals surface area (Å²) in [5.74, 6) is -1.88. The number of anilines is 1. The van der Waals surface area contributed by atoms with Gasteiger partial charge in [-0.1, -0.05) is 17.7 Å². The zero-order valence-electron chi connectivity index (χ0n) is 16.7. The minimum Gasteiger partial charge on any atom is -0.457 e. The van der Waals surface area contributed by atoms with Crippen LogP contribution in [-0.4, -0.2) is 30.2 Å². The highest BCUT2D eigenvalue weighted by molar-refractivity contribution is 6.30. The summed E-state index contributed by atoms with van der Waals surface area (Å²) < 4.78 is 15.0. The van der Waals surface area contributed by atoms with Crippen LogP contribution in [0.2, 0.25) is 5.02 Å². The second-order valence-corrected chi connectivity index (χ2v) is 6.97. The van der Waals surface area contributed by atoms with Crippen molar-refractivity contribution >= 4 is 40.9 Å². The largest absolute Gasteiger partial charge is 0.457 e. The number of amides is 1. The molecule has 0 fully saturated rings. The summed E-state index contributed by atoms with van der Waals surface area (Å²) in [6, 6.07) is 15.4. The second-order valence-electron chi connectivity index (χ2n) is 6.53. The van der Waals surface area contributed by atoms with E-state index in [0.29, 0.717) is 10.7 Å². The van der Waals surface area contributed by atoms with E-state index in [9.17, 15) is 19.2 Å². The molecule has 3 aromatic rings. The zero-order chi connectivity index (χ0) is 22.9. The van der Waals surface area contributed by atoms with Crippen LogP contribution in [0.1, 0.15) is 33.8 Å². The van der Waals surface area contributed by atoms with Gasteiger partial charge in [-0.15, -0.1) is 0 Å². The second kappa shape index (κ2) is 10.9. The summed E-state index contributed by atoms with van der Waals surface area (Å²) in [4.78, 5) is 47.7. The molecule has 8 nitrogen and oxygen atoms in total. The molecule has 1 amide bonds. The van der Waals surface area contributed by atoms with Crippen molar-refractivity contribution in [3.05, 3.63) is 83.3 Å². The van der Waals surface area contributed by atoms with Crippen LogP contribution in [0.15, 0.2) is 71.3 Å². The summed E-state index contributed by atoms with van der Waals surface area (Å²) in [6.45, 7) is -0.472. The Morgan fingerprint density at radius 2 is 1.72 bits per heavy atom. The van der Waals surface area contributed by atoms with Crippen molar-refractivity contribution in [1.82, 2.24) is 0 Å². The molecule has 0 unspecified atom stereocenters. The van der Waals surface area contributed by atoms with Crippen LogP contribution in [0.4, 0.5) is 5.69 Å². The first kappa shape index (κ1) is 22.8. The first-order valence-corrected chi connectivity index (χ1v) is 9.88. The third-order valence-electron chi connectivity index (χ3n) is 4.14. The van der Waals surface area contributed by atoms with Gasteiger partial charge in [-0.25, -0.2) is 4.79 Å². The van der Waals surface area contributed by atoms with Crippen molar-refractivity contribution in [3.8, 4) is 5.75 Å². The van der Waals surface area contributed by atoms with Crippen LogP contribution < -0.4 is 10.1 Å². The maximum Gasteiger partial charge on any atom is 0.379 e. The number of furan rings is 1. The molecule has 0 radical (unpaired) electrons. The molecule has 0 bridgehead atoms. The number of nitrogens with one attached hydrogen (secondary N) is 1. The highest BCUT2D eigenvalue weighted by Crippen LogP contribution is 2.16. The molecule has 1 aromatic heterocycles. The number of rotatable bonds is 9. The summed E-state index contributed by atoms with van der Waals surface area (Å²) in [6.07, 6.45) is 1.07. The molecule has 0 saturated carbocycles. The van der Waals surface area contributed by atoms with Crippen molar-refractivity contribution in [1.29, 1.82) is 0 Å². The van der Waals surface area contributed by atoms with E-state index in [-0.39, 0.29) is 35.8 Å². The van der Waals surface area contributed by atoms with Gasteiger partial charge in [-0.2, -0.15) is 0 Å². The van der Waals surface area contributed by atoms with Gasteiger partial charge in [0.25, 0.3) is 0 Å². The lowest BCUT2D eigenvalue weighted by molar-refractivity contribution is -0.143. The SMILES string of the molecule is O=C(CCC(=O)OCC(=O)c1ccc(OC(=O)c2ccco2)cc1)Nc1cccc(Cl)c1. The van der Waals surface area contributed by atoms with Gasteiger partial charge in [0, 0.05) is 22.7 Å². The van der Waals surface area contributed by atoms with Gasteiger partial charge in [0.2, 0.25) is 11.7 Å². The van der Waals surface area contributed by atoms with E-state index >= 15 is 0 Å². The van der Waals surface area contributed by atoms with Gasteiger partial charge in [-0.05, 0) is 54.6 Å². The standard InChI is InChI=1S/C23H18ClNO7/c24-16-3-1-4-17(13-16)25-21(27)10-11-22(28)31-14-19(26)15-6-8-18(9-7-15)32-23(29)20-5-2-12-30-20/h1-9,12-13H,10-11,14H2,(H,25,27). The Labute approximate surface area is 188 Å². The first-order valence-electron chi connectivity index (χ1n) is 9.51. The third-order valence-corrected chi connectivity index (χ3v) is 4.37. The van der Waals surface area contributed by atoms with Crippen LogP contribution in [-0.2, 0) is 14.3 Å². The van der Waals surface area contributed by atoms with E-state index in [4.69, 9.17) is 25.5 Å². The number of ketones is 1. The fraction of sp³-hybridized carbons (Fsp3) is 0.130. The third kappa shape index (κ3) is 6.82. The lowest BCUT2D eigenvalue weighted by atomic mass is 10.1. The molecule has 1 heterocycles. The van der Waals surface area contributed by atoms with Crippen LogP contribution in [0.25, 0.3) is 0 Å². The molecule has 1 N–H and O–H groups in total. The maximum absolute atomic E-state index is 12.2. The summed E-state index contributed by atoms with van der Waals surface area (Å²) >= 11 is 5.85. The Morgan fingerprint density at radius 1 is 0.938 bits per heavy atom. The molecule has 9 heteroatoms. The van der Waals surface area contributed by atoms with E-state index in [1.54, 1.807) is 30.3 Å². The minimum atomic E-state index is -0.677. The molecule has 0 aliphatic heterocycles. The molecule has 32 heavy (non-hydrogen) atoms. The highest BCUT2D eigenvalue weighted by Gasteiger charge is 2.14. The normalized spacial score (nSPS) is 10.3. The maximum atomic E-state index is 12.2. The highest BCUT2D eigenvalue weighted by atomic mass is 35.5.